The summed E-state index contributed by atoms with van der Waals surface area (Å²) in [6.07, 6.45) is 1.92. The summed E-state index contributed by atoms with van der Waals surface area (Å²) in [6.45, 7) is 4.87. The summed E-state index contributed by atoms with van der Waals surface area (Å²) in [4.78, 5) is 0. The first-order valence-electron chi connectivity index (χ1n) is 5.80. The number of benzene rings is 1. The quantitative estimate of drug-likeness (QED) is 0.376. The van der Waals surface area contributed by atoms with E-state index in [0.29, 0.717) is 6.54 Å². The molecule has 0 saturated carbocycles. The van der Waals surface area contributed by atoms with Crippen LogP contribution >= 0.6 is 0 Å². The SMILES string of the molecule is Cc1cc(C)cc(Cn2cccc2/C(N)=N/O)c1. The van der Waals surface area contributed by atoms with Crippen molar-refractivity contribution in [1.29, 1.82) is 0 Å². The molecule has 0 aliphatic carbocycles. The van der Waals surface area contributed by atoms with Crippen LogP contribution in [0.25, 0.3) is 0 Å². The van der Waals surface area contributed by atoms with E-state index in [-0.39, 0.29) is 5.84 Å². The van der Waals surface area contributed by atoms with Gasteiger partial charge < -0.3 is 15.5 Å². The molecule has 0 radical (unpaired) electrons. The van der Waals surface area contributed by atoms with Gasteiger partial charge in [-0.25, -0.2) is 0 Å². The molecule has 0 fully saturated rings. The van der Waals surface area contributed by atoms with Crippen LogP contribution in [0.15, 0.2) is 41.7 Å². The summed E-state index contributed by atoms with van der Waals surface area (Å²) in [7, 11) is 0. The lowest BCUT2D eigenvalue weighted by Gasteiger charge is -2.10. The summed E-state index contributed by atoms with van der Waals surface area (Å²) in [5, 5.41) is 11.8. The van der Waals surface area contributed by atoms with Gasteiger partial charge in [0.2, 0.25) is 0 Å². The number of amidine groups is 1. The highest BCUT2D eigenvalue weighted by molar-refractivity contribution is 5.95. The lowest BCUT2D eigenvalue weighted by Crippen LogP contribution is -2.18. The van der Waals surface area contributed by atoms with E-state index in [9.17, 15) is 0 Å². The van der Waals surface area contributed by atoms with E-state index in [4.69, 9.17) is 10.9 Å². The van der Waals surface area contributed by atoms with E-state index in [1.807, 2.05) is 22.9 Å². The van der Waals surface area contributed by atoms with Crippen molar-refractivity contribution in [3.05, 3.63) is 58.9 Å². The van der Waals surface area contributed by atoms with Gasteiger partial charge in [-0.2, -0.15) is 0 Å². The molecule has 0 aliphatic rings. The fourth-order valence-corrected chi connectivity index (χ4v) is 2.19. The Labute approximate surface area is 106 Å². The second-order valence-corrected chi connectivity index (χ2v) is 4.50. The van der Waals surface area contributed by atoms with Crippen molar-refractivity contribution in [2.75, 3.05) is 0 Å². The molecule has 4 heteroatoms. The Bertz CT molecular complexity index is 564. The zero-order chi connectivity index (χ0) is 13.1. The van der Waals surface area contributed by atoms with E-state index in [0.717, 1.165) is 5.69 Å². The van der Waals surface area contributed by atoms with Gasteiger partial charge >= 0.3 is 0 Å². The van der Waals surface area contributed by atoms with E-state index < -0.39 is 0 Å². The molecule has 4 nitrogen and oxygen atoms in total. The number of hydrogen-bond acceptors (Lipinski definition) is 2. The third kappa shape index (κ3) is 2.53. The summed E-state index contributed by atoms with van der Waals surface area (Å²) in [5.74, 6) is 0.129. The Balaban J connectivity index is 2.32. The highest BCUT2D eigenvalue weighted by atomic mass is 16.4. The maximum atomic E-state index is 8.73. The van der Waals surface area contributed by atoms with Crippen LogP contribution in [0.1, 0.15) is 22.4 Å². The molecule has 0 spiro atoms. The molecule has 1 aromatic heterocycles. The van der Waals surface area contributed by atoms with Crippen LogP contribution in [0.4, 0.5) is 0 Å². The second-order valence-electron chi connectivity index (χ2n) is 4.50. The van der Waals surface area contributed by atoms with Crippen molar-refractivity contribution < 1.29 is 5.21 Å². The van der Waals surface area contributed by atoms with Crippen LogP contribution in [0.2, 0.25) is 0 Å². The Hall–Kier alpha value is -2.23. The predicted octanol–water partition coefficient (Wildman–Crippen LogP) is 2.25. The van der Waals surface area contributed by atoms with Crippen molar-refractivity contribution >= 4 is 5.84 Å². The molecular formula is C14H17N3O. The summed E-state index contributed by atoms with van der Waals surface area (Å²) < 4.78 is 1.96. The number of oxime groups is 1. The van der Waals surface area contributed by atoms with Crippen molar-refractivity contribution in [2.24, 2.45) is 10.9 Å². The van der Waals surface area contributed by atoms with Gasteiger partial charge in [0.1, 0.15) is 0 Å². The second kappa shape index (κ2) is 4.96. The average molecular weight is 243 g/mol. The molecule has 2 rings (SSSR count). The normalized spacial score (nSPS) is 11.8. The number of hydrogen-bond donors (Lipinski definition) is 2. The van der Waals surface area contributed by atoms with Crippen molar-refractivity contribution in [1.82, 2.24) is 4.57 Å². The molecule has 94 valence electrons. The molecule has 0 bridgehead atoms. The van der Waals surface area contributed by atoms with Crippen LogP contribution in [-0.4, -0.2) is 15.6 Å². The van der Waals surface area contributed by atoms with E-state index in [1.165, 1.54) is 16.7 Å². The van der Waals surface area contributed by atoms with Gasteiger partial charge in [-0.1, -0.05) is 34.5 Å². The molecule has 1 heterocycles. The van der Waals surface area contributed by atoms with Gasteiger partial charge in [-0.3, -0.25) is 0 Å². The van der Waals surface area contributed by atoms with E-state index >= 15 is 0 Å². The molecule has 1 aromatic carbocycles. The first kappa shape index (κ1) is 12.2. The molecule has 0 aliphatic heterocycles. The van der Waals surface area contributed by atoms with E-state index in [1.54, 1.807) is 0 Å². The van der Waals surface area contributed by atoms with Crippen molar-refractivity contribution in [3.63, 3.8) is 0 Å². The van der Waals surface area contributed by atoms with Crippen LogP contribution in [0.3, 0.4) is 0 Å². The topological polar surface area (TPSA) is 63.5 Å². The molecule has 18 heavy (non-hydrogen) atoms. The molecule has 3 N–H and O–H groups in total. The molecule has 0 unspecified atom stereocenters. The number of aryl methyl sites for hydroxylation is 2. The predicted molar refractivity (Wildman–Crippen MR) is 72.0 cm³/mol. The zero-order valence-electron chi connectivity index (χ0n) is 10.6. The van der Waals surface area contributed by atoms with Crippen LogP contribution in [0, 0.1) is 13.8 Å². The lowest BCUT2D eigenvalue weighted by atomic mass is 10.1. The maximum absolute atomic E-state index is 8.73. The van der Waals surface area contributed by atoms with Gasteiger partial charge in [-0.15, -0.1) is 0 Å². The third-order valence-electron chi connectivity index (χ3n) is 2.83. The summed E-state index contributed by atoms with van der Waals surface area (Å²) in [5.41, 5.74) is 10.0. The number of aromatic nitrogens is 1. The minimum absolute atomic E-state index is 0.129. The fraction of sp³-hybridized carbons (Fsp3) is 0.214. The van der Waals surface area contributed by atoms with Crippen LogP contribution in [-0.2, 0) is 6.54 Å². The standard InChI is InChI=1S/C14H17N3O/c1-10-6-11(2)8-12(7-10)9-17-5-3-4-13(17)14(15)16-18/h3-8,18H,9H2,1-2H3,(H2,15,16). The highest BCUT2D eigenvalue weighted by Gasteiger charge is 2.06. The van der Waals surface area contributed by atoms with Crippen LogP contribution in [0.5, 0.6) is 0 Å². The van der Waals surface area contributed by atoms with Crippen molar-refractivity contribution in [3.8, 4) is 0 Å². The Morgan fingerprint density at radius 1 is 1.28 bits per heavy atom. The van der Waals surface area contributed by atoms with Crippen molar-refractivity contribution in [2.45, 2.75) is 20.4 Å². The minimum Gasteiger partial charge on any atom is -0.409 e. The fourth-order valence-electron chi connectivity index (χ4n) is 2.19. The molecule has 2 aromatic rings. The Kier molecular flexibility index (Phi) is 3.37. The largest absolute Gasteiger partial charge is 0.409 e. The van der Waals surface area contributed by atoms with Gasteiger partial charge in [0.05, 0.1) is 5.69 Å². The van der Waals surface area contributed by atoms with E-state index in [2.05, 4.69) is 37.2 Å². The van der Waals surface area contributed by atoms with Crippen LogP contribution < -0.4 is 5.73 Å². The molecule has 0 atom stereocenters. The van der Waals surface area contributed by atoms with Gasteiger partial charge in [0.25, 0.3) is 0 Å². The number of rotatable bonds is 3. The van der Waals surface area contributed by atoms with Gasteiger partial charge in [0.15, 0.2) is 5.84 Å². The average Bonchev–Trinajstić information content (AvgIpc) is 2.74. The smallest absolute Gasteiger partial charge is 0.186 e. The summed E-state index contributed by atoms with van der Waals surface area (Å²) in [6, 6.07) is 10.1. The number of nitrogens with two attached hydrogens (primary N) is 1. The first-order chi connectivity index (χ1) is 8.60. The number of nitrogens with zero attached hydrogens (tertiary/aromatic N) is 2. The lowest BCUT2D eigenvalue weighted by molar-refractivity contribution is 0.318. The molecule has 0 amide bonds. The van der Waals surface area contributed by atoms with Gasteiger partial charge in [-0.05, 0) is 31.5 Å². The zero-order valence-corrected chi connectivity index (χ0v) is 10.6. The monoisotopic (exact) mass is 243 g/mol. The summed E-state index contributed by atoms with van der Waals surface area (Å²) >= 11 is 0. The Morgan fingerprint density at radius 3 is 2.56 bits per heavy atom. The molecular weight excluding hydrogens is 226 g/mol. The van der Waals surface area contributed by atoms with Gasteiger partial charge in [0, 0.05) is 12.7 Å². The molecule has 0 saturated heterocycles. The first-order valence-corrected chi connectivity index (χ1v) is 5.80. The maximum Gasteiger partial charge on any atom is 0.186 e. The third-order valence-corrected chi connectivity index (χ3v) is 2.83. The minimum atomic E-state index is 0.129. The Morgan fingerprint density at radius 2 is 1.94 bits per heavy atom. The highest BCUT2D eigenvalue weighted by Crippen LogP contribution is 2.12.